The molecule has 2 aromatic heterocycles. The smallest absolute Gasteiger partial charge is 0.145 e. The monoisotopic (exact) mass is 626 g/mol. The Hall–Kier alpha value is -4.99. The van der Waals surface area contributed by atoms with E-state index in [1.807, 2.05) is 11.3 Å². The number of hydrogen-bond donors (Lipinski definition) is 0. The van der Waals surface area contributed by atoms with E-state index in [1.54, 1.807) is 0 Å². The van der Waals surface area contributed by atoms with Crippen LogP contribution in [0, 0.1) is 20.8 Å². The molecule has 47 heavy (non-hydrogen) atoms. The summed E-state index contributed by atoms with van der Waals surface area (Å²) >= 11 is 1.87. The van der Waals surface area contributed by atoms with Gasteiger partial charge < -0.3 is 0 Å². The van der Waals surface area contributed by atoms with Gasteiger partial charge in [-0.25, -0.2) is 4.98 Å². The maximum Gasteiger partial charge on any atom is 0.145 e. The lowest BCUT2D eigenvalue weighted by Crippen LogP contribution is -2.12. The first-order valence-corrected chi connectivity index (χ1v) is 17.2. The highest BCUT2D eigenvalue weighted by Crippen LogP contribution is 2.41. The highest BCUT2D eigenvalue weighted by molar-refractivity contribution is 7.25. The fourth-order valence-electron chi connectivity index (χ4n) is 7.22. The molecule has 0 aliphatic carbocycles. The van der Waals surface area contributed by atoms with Crippen LogP contribution in [0.5, 0.6) is 0 Å². The standard InChI is InChI=1S/C44H38N2S/c1-27-22-28(2)42(29(3)23-27)31-16-19-34-36-24-32(17-21-40(36)47-41(34)25-31)43-45-37-14-10-11-15-39(37)46(43)38-20-18-33(44(4,5)6)26-35(38)30-12-8-7-9-13-30/h7-26H,1-6H3. The van der Waals surface area contributed by atoms with Crippen LogP contribution < -0.4 is 0 Å². The van der Waals surface area contributed by atoms with Crippen LogP contribution in [0.4, 0.5) is 0 Å². The molecular formula is C44H38N2S. The number of benzene rings is 6. The summed E-state index contributed by atoms with van der Waals surface area (Å²) < 4.78 is 4.97. The van der Waals surface area contributed by atoms with Crippen molar-refractivity contribution < 1.29 is 0 Å². The van der Waals surface area contributed by atoms with Gasteiger partial charge in [0.2, 0.25) is 0 Å². The Kier molecular flexibility index (Phi) is 6.93. The summed E-state index contributed by atoms with van der Waals surface area (Å²) in [5.41, 5.74) is 14.7. The van der Waals surface area contributed by atoms with E-state index in [0.29, 0.717) is 0 Å². The lowest BCUT2D eigenvalue weighted by molar-refractivity contribution is 0.590. The Morgan fingerprint density at radius 2 is 1.32 bits per heavy atom. The first kappa shape index (κ1) is 29.4. The van der Waals surface area contributed by atoms with Crippen molar-refractivity contribution in [1.82, 2.24) is 9.55 Å². The number of hydrogen-bond acceptors (Lipinski definition) is 2. The summed E-state index contributed by atoms with van der Waals surface area (Å²) in [4.78, 5) is 5.28. The van der Waals surface area contributed by atoms with E-state index < -0.39 is 0 Å². The summed E-state index contributed by atoms with van der Waals surface area (Å²) in [7, 11) is 0. The Morgan fingerprint density at radius 3 is 2.09 bits per heavy atom. The molecule has 6 aromatic carbocycles. The van der Waals surface area contributed by atoms with E-state index in [2.05, 4.69) is 167 Å². The average Bonchev–Trinajstić information content (AvgIpc) is 3.62. The van der Waals surface area contributed by atoms with Crippen molar-refractivity contribution in [2.24, 2.45) is 0 Å². The maximum absolute atomic E-state index is 5.28. The fraction of sp³-hybridized carbons (Fsp3) is 0.159. The summed E-state index contributed by atoms with van der Waals surface area (Å²) in [6.07, 6.45) is 0. The molecule has 230 valence electrons. The minimum Gasteiger partial charge on any atom is -0.292 e. The largest absolute Gasteiger partial charge is 0.292 e. The number of aryl methyl sites for hydroxylation is 3. The van der Waals surface area contributed by atoms with Gasteiger partial charge in [0.25, 0.3) is 0 Å². The molecule has 0 saturated carbocycles. The van der Waals surface area contributed by atoms with Crippen LogP contribution >= 0.6 is 11.3 Å². The second-order valence-corrected chi connectivity index (χ2v) is 15.0. The van der Waals surface area contributed by atoms with Gasteiger partial charge in [0.15, 0.2) is 0 Å². The molecule has 0 spiro atoms. The summed E-state index contributed by atoms with van der Waals surface area (Å²) in [6.45, 7) is 13.5. The molecule has 0 aliphatic heterocycles. The second kappa shape index (κ2) is 11.1. The zero-order valence-corrected chi connectivity index (χ0v) is 28.7. The third-order valence-corrected chi connectivity index (χ3v) is 10.6. The molecule has 0 saturated heterocycles. The molecule has 3 heteroatoms. The number of aromatic nitrogens is 2. The zero-order valence-electron chi connectivity index (χ0n) is 27.8. The highest BCUT2D eigenvalue weighted by Gasteiger charge is 2.22. The molecule has 0 amide bonds. The van der Waals surface area contributed by atoms with E-state index in [-0.39, 0.29) is 5.41 Å². The molecule has 2 heterocycles. The van der Waals surface area contributed by atoms with Gasteiger partial charge in [0, 0.05) is 31.3 Å². The minimum absolute atomic E-state index is 0.0314. The van der Waals surface area contributed by atoms with Crippen LogP contribution in [0.15, 0.2) is 121 Å². The van der Waals surface area contributed by atoms with Crippen molar-refractivity contribution in [2.45, 2.75) is 47.0 Å². The van der Waals surface area contributed by atoms with Gasteiger partial charge in [0.05, 0.1) is 16.7 Å². The van der Waals surface area contributed by atoms with Crippen LogP contribution in [0.25, 0.3) is 70.5 Å². The van der Waals surface area contributed by atoms with Gasteiger partial charge in [-0.15, -0.1) is 11.3 Å². The number of rotatable bonds is 4. The molecule has 0 aliphatic rings. The Labute approximate surface area is 281 Å². The Morgan fingerprint density at radius 1 is 0.596 bits per heavy atom. The van der Waals surface area contributed by atoms with Gasteiger partial charge in [0.1, 0.15) is 5.82 Å². The number of fused-ring (bicyclic) bond motifs is 4. The van der Waals surface area contributed by atoms with E-state index in [0.717, 1.165) is 28.1 Å². The normalized spacial score (nSPS) is 12.0. The van der Waals surface area contributed by atoms with E-state index in [4.69, 9.17) is 4.98 Å². The molecule has 0 fully saturated rings. The maximum atomic E-state index is 5.28. The van der Waals surface area contributed by atoms with Crippen molar-refractivity contribution in [3.8, 4) is 39.3 Å². The molecule has 0 radical (unpaired) electrons. The first-order chi connectivity index (χ1) is 22.7. The molecule has 2 nitrogen and oxygen atoms in total. The van der Waals surface area contributed by atoms with Crippen molar-refractivity contribution in [1.29, 1.82) is 0 Å². The average molecular weight is 627 g/mol. The van der Waals surface area contributed by atoms with Crippen LogP contribution in [0.3, 0.4) is 0 Å². The number of nitrogens with zero attached hydrogens (tertiary/aromatic N) is 2. The van der Waals surface area contributed by atoms with Gasteiger partial charge >= 0.3 is 0 Å². The lowest BCUT2D eigenvalue weighted by Gasteiger charge is -2.23. The van der Waals surface area contributed by atoms with Crippen LogP contribution in [-0.2, 0) is 5.41 Å². The predicted octanol–water partition coefficient (Wildman–Crippen LogP) is 12.6. The summed E-state index contributed by atoms with van der Waals surface area (Å²) in [6, 6.07) is 44.6. The molecule has 8 aromatic rings. The first-order valence-electron chi connectivity index (χ1n) is 16.4. The van der Waals surface area contributed by atoms with Crippen molar-refractivity contribution in [2.75, 3.05) is 0 Å². The van der Waals surface area contributed by atoms with Crippen LogP contribution in [-0.4, -0.2) is 9.55 Å². The number of para-hydroxylation sites is 2. The van der Waals surface area contributed by atoms with E-state index in [9.17, 15) is 0 Å². The van der Waals surface area contributed by atoms with Gasteiger partial charge in [-0.2, -0.15) is 0 Å². The van der Waals surface area contributed by atoms with Gasteiger partial charge in [-0.1, -0.05) is 99.1 Å². The third-order valence-electron chi connectivity index (χ3n) is 9.44. The minimum atomic E-state index is 0.0314. The quantitative estimate of drug-likeness (QED) is 0.190. The lowest BCUT2D eigenvalue weighted by atomic mass is 9.85. The van der Waals surface area contributed by atoms with E-state index >= 15 is 0 Å². The molecular weight excluding hydrogens is 589 g/mol. The number of imidazole rings is 1. The molecule has 0 N–H and O–H groups in total. The van der Waals surface area contributed by atoms with Gasteiger partial charge in [-0.05, 0) is 108 Å². The third kappa shape index (κ3) is 5.06. The Balaban J connectivity index is 1.33. The SMILES string of the molecule is Cc1cc(C)c(-c2ccc3c(c2)sc2ccc(-c4nc5ccccc5n4-c4ccc(C(C)(C)C)cc4-c4ccccc4)cc23)c(C)c1. The van der Waals surface area contributed by atoms with Crippen LogP contribution in [0.1, 0.15) is 43.0 Å². The molecule has 8 rings (SSSR count). The molecule has 0 bridgehead atoms. The molecule has 0 atom stereocenters. The van der Waals surface area contributed by atoms with E-state index in [1.165, 1.54) is 64.7 Å². The summed E-state index contributed by atoms with van der Waals surface area (Å²) in [5, 5.41) is 2.57. The Bertz CT molecular complexity index is 2450. The molecule has 0 unspecified atom stereocenters. The van der Waals surface area contributed by atoms with Gasteiger partial charge in [-0.3, -0.25) is 4.57 Å². The fourth-order valence-corrected chi connectivity index (χ4v) is 8.34. The second-order valence-electron chi connectivity index (χ2n) is 13.9. The van der Waals surface area contributed by atoms with Crippen molar-refractivity contribution in [3.63, 3.8) is 0 Å². The van der Waals surface area contributed by atoms with Crippen LogP contribution in [0.2, 0.25) is 0 Å². The highest BCUT2D eigenvalue weighted by atomic mass is 32.1. The topological polar surface area (TPSA) is 17.8 Å². The summed E-state index contributed by atoms with van der Waals surface area (Å²) in [5.74, 6) is 0.954. The number of thiophene rings is 1. The van der Waals surface area contributed by atoms with Crippen molar-refractivity contribution >= 4 is 42.5 Å². The predicted molar refractivity (Wildman–Crippen MR) is 203 cm³/mol. The zero-order chi connectivity index (χ0) is 32.4. The van der Waals surface area contributed by atoms with Crippen molar-refractivity contribution in [3.05, 3.63) is 144 Å².